The van der Waals surface area contributed by atoms with Crippen molar-refractivity contribution in [2.24, 2.45) is 0 Å². The Labute approximate surface area is 97.6 Å². The SMILES string of the molecule is COC(=O)CSc1cccc2nc(C)cn12. The summed E-state index contributed by atoms with van der Waals surface area (Å²) in [5.74, 6) is 0.0890. The lowest BCUT2D eigenvalue weighted by Crippen LogP contribution is -2.03. The van der Waals surface area contributed by atoms with Crippen LogP contribution >= 0.6 is 11.8 Å². The topological polar surface area (TPSA) is 43.6 Å². The molecule has 2 heterocycles. The highest BCUT2D eigenvalue weighted by molar-refractivity contribution is 7.99. The Balaban J connectivity index is 2.26. The van der Waals surface area contributed by atoms with E-state index < -0.39 is 0 Å². The van der Waals surface area contributed by atoms with Crippen LogP contribution in [0.2, 0.25) is 0 Å². The smallest absolute Gasteiger partial charge is 0.316 e. The first kappa shape index (κ1) is 11.0. The molecule has 0 N–H and O–H groups in total. The Morgan fingerprint density at radius 2 is 2.38 bits per heavy atom. The van der Waals surface area contributed by atoms with Gasteiger partial charge in [0.2, 0.25) is 0 Å². The maximum absolute atomic E-state index is 11.1. The molecule has 0 amide bonds. The highest BCUT2D eigenvalue weighted by atomic mass is 32.2. The molecule has 0 aliphatic heterocycles. The molecule has 0 spiro atoms. The van der Waals surface area contributed by atoms with Gasteiger partial charge in [0, 0.05) is 6.20 Å². The van der Waals surface area contributed by atoms with Crippen LogP contribution in [0.15, 0.2) is 29.4 Å². The fraction of sp³-hybridized carbons (Fsp3) is 0.273. The van der Waals surface area contributed by atoms with Crippen molar-refractivity contribution in [1.82, 2.24) is 9.38 Å². The summed E-state index contributed by atoms with van der Waals surface area (Å²) in [4.78, 5) is 15.4. The largest absolute Gasteiger partial charge is 0.468 e. The summed E-state index contributed by atoms with van der Waals surface area (Å²) in [6.07, 6.45) is 1.95. The second-order valence-corrected chi connectivity index (χ2v) is 4.33. The molecule has 0 aliphatic rings. The number of aryl methyl sites for hydroxylation is 1. The van der Waals surface area contributed by atoms with Crippen LogP contribution < -0.4 is 0 Å². The summed E-state index contributed by atoms with van der Waals surface area (Å²) in [7, 11) is 1.39. The van der Waals surface area contributed by atoms with E-state index in [2.05, 4.69) is 9.72 Å². The molecular formula is C11H12N2O2S. The maximum atomic E-state index is 11.1. The van der Waals surface area contributed by atoms with Crippen LogP contribution in [0.4, 0.5) is 0 Å². The lowest BCUT2D eigenvalue weighted by atomic mass is 10.5. The lowest BCUT2D eigenvalue weighted by molar-refractivity contribution is -0.137. The zero-order valence-electron chi connectivity index (χ0n) is 9.14. The van der Waals surface area contributed by atoms with Gasteiger partial charge in [0.1, 0.15) is 5.65 Å². The molecule has 16 heavy (non-hydrogen) atoms. The van der Waals surface area contributed by atoms with E-state index in [0.29, 0.717) is 5.75 Å². The molecule has 0 aromatic carbocycles. The second-order valence-electron chi connectivity index (χ2n) is 3.34. The van der Waals surface area contributed by atoms with E-state index in [1.807, 2.05) is 35.7 Å². The first-order valence-electron chi connectivity index (χ1n) is 4.85. The summed E-state index contributed by atoms with van der Waals surface area (Å²) in [6, 6.07) is 5.83. The van der Waals surface area contributed by atoms with E-state index in [1.54, 1.807) is 0 Å². The van der Waals surface area contributed by atoms with Crippen LogP contribution in [0.3, 0.4) is 0 Å². The number of thioether (sulfide) groups is 1. The summed E-state index contributed by atoms with van der Waals surface area (Å²) >= 11 is 1.44. The Morgan fingerprint density at radius 1 is 1.56 bits per heavy atom. The molecular weight excluding hydrogens is 224 g/mol. The molecule has 0 radical (unpaired) electrons. The van der Waals surface area contributed by atoms with Crippen LogP contribution in [-0.2, 0) is 9.53 Å². The van der Waals surface area contributed by atoms with E-state index in [-0.39, 0.29) is 5.97 Å². The monoisotopic (exact) mass is 236 g/mol. The maximum Gasteiger partial charge on any atom is 0.316 e. The molecule has 0 saturated carbocycles. The van der Waals surface area contributed by atoms with Gasteiger partial charge >= 0.3 is 5.97 Å². The minimum absolute atomic E-state index is 0.223. The van der Waals surface area contributed by atoms with Crippen molar-refractivity contribution in [3.05, 3.63) is 30.1 Å². The van der Waals surface area contributed by atoms with Crippen LogP contribution in [0.5, 0.6) is 0 Å². The van der Waals surface area contributed by atoms with Crippen molar-refractivity contribution < 1.29 is 9.53 Å². The fourth-order valence-electron chi connectivity index (χ4n) is 1.42. The zero-order chi connectivity index (χ0) is 11.5. The summed E-state index contributed by atoms with van der Waals surface area (Å²) in [5.41, 5.74) is 1.86. The van der Waals surface area contributed by atoms with Gasteiger partial charge < -0.3 is 4.74 Å². The van der Waals surface area contributed by atoms with Gasteiger partial charge in [0.05, 0.1) is 23.6 Å². The van der Waals surface area contributed by atoms with Crippen LogP contribution in [0.1, 0.15) is 5.69 Å². The van der Waals surface area contributed by atoms with E-state index in [0.717, 1.165) is 16.4 Å². The van der Waals surface area contributed by atoms with E-state index in [1.165, 1.54) is 18.9 Å². The quantitative estimate of drug-likeness (QED) is 0.603. The molecule has 0 aliphatic carbocycles. The Morgan fingerprint density at radius 3 is 3.12 bits per heavy atom. The van der Waals surface area contributed by atoms with E-state index in [4.69, 9.17) is 0 Å². The van der Waals surface area contributed by atoms with Crippen LogP contribution in [0.25, 0.3) is 5.65 Å². The number of rotatable bonds is 3. The predicted molar refractivity (Wildman–Crippen MR) is 62.7 cm³/mol. The fourth-order valence-corrected chi connectivity index (χ4v) is 2.26. The number of hydrogen-bond acceptors (Lipinski definition) is 4. The van der Waals surface area contributed by atoms with Gasteiger partial charge in [-0.05, 0) is 19.1 Å². The van der Waals surface area contributed by atoms with Crippen molar-refractivity contribution in [2.75, 3.05) is 12.9 Å². The average molecular weight is 236 g/mol. The Kier molecular flexibility index (Phi) is 3.14. The number of ether oxygens (including phenoxy) is 1. The van der Waals surface area contributed by atoms with Crippen LogP contribution in [-0.4, -0.2) is 28.2 Å². The molecule has 84 valence electrons. The van der Waals surface area contributed by atoms with Crippen molar-refractivity contribution in [3.63, 3.8) is 0 Å². The third-order valence-corrected chi connectivity index (χ3v) is 3.15. The summed E-state index contributed by atoms with van der Waals surface area (Å²) in [6.45, 7) is 1.95. The molecule has 0 bridgehead atoms. The van der Waals surface area contributed by atoms with Gasteiger partial charge in [-0.1, -0.05) is 17.8 Å². The average Bonchev–Trinajstić information content (AvgIpc) is 2.66. The van der Waals surface area contributed by atoms with Crippen LogP contribution in [0, 0.1) is 6.92 Å². The van der Waals surface area contributed by atoms with Gasteiger partial charge in [0.25, 0.3) is 0 Å². The molecule has 5 heteroatoms. The Hall–Kier alpha value is -1.49. The number of fused-ring (bicyclic) bond motifs is 1. The van der Waals surface area contributed by atoms with Gasteiger partial charge in [-0.2, -0.15) is 0 Å². The molecule has 4 nitrogen and oxygen atoms in total. The number of methoxy groups -OCH3 is 1. The summed E-state index contributed by atoms with van der Waals surface area (Å²) in [5, 5.41) is 0.989. The third-order valence-electron chi connectivity index (χ3n) is 2.14. The van der Waals surface area contributed by atoms with Crippen molar-refractivity contribution in [2.45, 2.75) is 11.9 Å². The summed E-state index contributed by atoms with van der Waals surface area (Å²) < 4.78 is 6.58. The molecule has 2 aromatic rings. The highest BCUT2D eigenvalue weighted by Gasteiger charge is 2.06. The molecule has 0 saturated heterocycles. The number of imidazole rings is 1. The number of carbonyl (C=O) groups is 1. The number of pyridine rings is 1. The van der Waals surface area contributed by atoms with Crippen molar-refractivity contribution in [1.29, 1.82) is 0 Å². The predicted octanol–water partition coefficient (Wildman–Crippen LogP) is 1.91. The number of esters is 1. The second kappa shape index (κ2) is 4.57. The standard InChI is InChI=1S/C11H12N2O2S/c1-8-6-13-9(12-8)4-3-5-10(13)16-7-11(14)15-2/h3-6H,7H2,1-2H3. The number of nitrogens with zero attached hydrogens (tertiary/aromatic N) is 2. The van der Waals surface area contributed by atoms with Crippen molar-refractivity contribution in [3.8, 4) is 0 Å². The minimum Gasteiger partial charge on any atom is -0.468 e. The lowest BCUT2D eigenvalue weighted by Gasteiger charge is -2.03. The Bertz CT molecular complexity index is 522. The molecule has 0 fully saturated rings. The van der Waals surface area contributed by atoms with E-state index in [9.17, 15) is 4.79 Å². The number of hydrogen-bond donors (Lipinski definition) is 0. The minimum atomic E-state index is -0.223. The van der Waals surface area contributed by atoms with Gasteiger partial charge in [-0.15, -0.1) is 0 Å². The van der Waals surface area contributed by atoms with Gasteiger partial charge in [0.15, 0.2) is 0 Å². The zero-order valence-corrected chi connectivity index (χ0v) is 9.95. The molecule has 2 aromatic heterocycles. The van der Waals surface area contributed by atoms with Gasteiger partial charge in [-0.25, -0.2) is 4.98 Å². The first-order chi connectivity index (χ1) is 7.70. The van der Waals surface area contributed by atoms with Crippen molar-refractivity contribution >= 4 is 23.4 Å². The number of aromatic nitrogens is 2. The highest BCUT2D eigenvalue weighted by Crippen LogP contribution is 2.20. The first-order valence-corrected chi connectivity index (χ1v) is 5.83. The molecule has 0 unspecified atom stereocenters. The third kappa shape index (κ3) is 2.19. The van der Waals surface area contributed by atoms with Gasteiger partial charge in [-0.3, -0.25) is 9.20 Å². The number of carbonyl (C=O) groups excluding carboxylic acids is 1. The van der Waals surface area contributed by atoms with E-state index >= 15 is 0 Å². The molecule has 2 rings (SSSR count). The molecule has 0 atom stereocenters. The normalized spacial score (nSPS) is 10.6.